The molecule has 4 aromatic carbocycles. The molecule has 1 saturated heterocycles. The molecular formula is C37H31N2O4PS. The first-order valence-electron chi connectivity index (χ1n) is 14.7. The molecule has 5 aromatic rings. The Morgan fingerprint density at radius 3 is 1.73 bits per heavy atom. The van der Waals surface area contributed by atoms with Crippen LogP contribution in [-0.2, 0) is 25.7 Å². The summed E-state index contributed by atoms with van der Waals surface area (Å²) in [5.74, 6) is -0.791. The van der Waals surface area contributed by atoms with Crippen molar-refractivity contribution in [1.82, 2.24) is 9.88 Å². The van der Waals surface area contributed by atoms with E-state index in [1.54, 1.807) is 23.2 Å². The molecule has 8 heteroatoms. The van der Waals surface area contributed by atoms with Gasteiger partial charge in [-0.25, -0.2) is 9.78 Å². The normalized spacial score (nSPS) is 14.4. The van der Waals surface area contributed by atoms with Crippen LogP contribution >= 0.6 is 18.6 Å². The Bertz CT molecular complexity index is 1730. The van der Waals surface area contributed by atoms with E-state index >= 15 is 0 Å². The van der Waals surface area contributed by atoms with Gasteiger partial charge in [-0.1, -0.05) is 127 Å². The minimum atomic E-state index is -3.03. The number of esters is 1. The Labute approximate surface area is 267 Å². The van der Waals surface area contributed by atoms with Crippen molar-refractivity contribution >= 4 is 57.0 Å². The Hall–Kier alpha value is -4.71. The lowest BCUT2D eigenvalue weighted by Gasteiger charge is -2.45. The number of aromatic nitrogens is 1. The summed E-state index contributed by atoms with van der Waals surface area (Å²) in [6.45, 7) is -2.99. The zero-order chi connectivity index (χ0) is 31.1. The second-order valence-corrected chi connectivity index (χ2v) is 14.9. The summed E-state index contributed by atoms with van der Waals surface area (Å²) in [5.41, 5.74) is 1.11. The summed E-state index contributed by atoms with van der Waals surface area (Å²) >= 11 is 1.04. The van der Waals surface area contributed by atoms with Gasteiger partial charge in [0.2, 0.25) is 5.91 Å². The van der Waals surface area contributed by atoms with Gasteiger partial charge in [-0.05, 0) is 45.4 Å². The third-order valence-electron chi connectivity index (χ3n) is 7.67. The minimum Gasteiger partial charge on any atom is -0.456 e. The van der Waals surface area contributed by atoms with Gasteiger partial charge >= 0.3 is 5.97 Å². The van der Waals surface area contributed by atoms with Crippen molar-refractivity contribution in [3.63, 3.8) is 0 Å². The van der Waals surface area contributed by atoms with Gasteiger partial charge in [0.1, 0.15) is 17.1 Å². The number of pyridine rings is 1. The fraction of sp³-hybridized carbons (Fsp3) is 0.108. The summed E-state index contributed by atoms with van der Waals surface area (Å²) in [4.78, 5) is 47.5. The van der Waals surface area contributed by atoms with Crippen molar-refractivity contribution in [3.05, 3.63) is 151 Å². The average Bonchev–Trinajstić information content (AvgIpc) is 3.09. The monoisotopic (exact) mass is 630 g/mol. The molecule has 6 nitrogen and oxygen atoms in total. The number of ether oxygens (including phenoxy) is 1. The number of β-lactam (4-membered cyclic amide) rings is 1. The molecule has 224 valence electrons. The van der Waals surface area contributed by atoms with Gasteiger partial charge in [-0.15, -0.1) is 0 Å². The number of rotatable bonds is 10. The van der Waals surface area contributed by atoms with Crippen LogP contribution in [0.4, 0.5) is 0 Å². The second-order valence-electron chi connectivity index (χ2n) is 10.5. The van der Waals surface area contributed by atoms with Gasteiger partial charge in [-0.3, -0.25) is 9.59 Å². The summed E-state index contributed by atoms with van der Waals surface area (Å²) in [6.07, 6.45) is 1.87. The van der Waals surface area contributed by atoms with E-state index in [9.17, 15) is 14.4 Å². The molecule has 0 spiro atoms. The van der Waals surface area contributed by atoms with Gasteiger partial charge in [0.05, 0.1) is 6.04 Å². The first-order valence-corrected chi connectivity index (χ1v) is 17.3. The summed E-state index contributed by atoms with van der Waals surface area (Å²) in [6, 6.07) is 44.0. The van der Waals surface area contributed by atoms with Gasteiger partial charge in [-0.2, -0.15) is 0 Å². The zero-order valence-electron chi connectivity index (χ0n) is 24.4. The number of benzene rings is 4. The van der Waals surface area contributed by atoms with E-state index in [1.807, 2.05) is 127 Å². The number of carbonyl (C=O) groups excluding carboxylic acids is 3. The fourth-order valence-corrected chi connectivity index (χ4v) is 10.8. The van der Waals surface area contributed by atoms with Crippen molar-refractivity contribution in [3.8, 4) is 0 Å². The molecule has 45 heavy (non-hydrogen) atoms. The number of hydrogen-bond donors (Lipinski definition) is 0. The standard InChI is InChI=1S/C37H31N2O4PS/c40-34-25-29(26-35(41)45-33-23-13-14-24-38-33)39(34)36(37(42)43-27-28-15-5-1-6-16-28)44(30-17-7-2-8-18-30,31-19-9-3-10-20-31)32-21-11-4-12-22-32/h1-24,29H,25-27H2. The lowest BCUT2D eigenvalue weighted by atomic mass is 9.99. The summed E-state index contributed by atoms with van der Waals surface area (Å²) in [7, 11) is 0. The van der Waals surface area contributed by atoms with Crippen LogP contribution < -0.4 is 15.9 Å². The third kappa shape index (κ3) is 6.41. The van der Waals surface area contributed by atoms with Crippen molar-refractivity contribution in [1.29, 1.82) is 0 Å². The van der Waals surface area contributed by atoms with E-state index in [2.05, 4.69) is 4.98 Å². The summed E-state index contributed by atoms with van der Waals surface area (Å²) < 4.78 is 6.07. The Balaban J connectivity index is 1.56. The highest BCUT2D eigenvalue weighted by Gasteiger charge is 2.47. The molecule has 1 atom stereocenters. The molecule has 1 aliphatic heterocycles. The number of likely N-dealkylation sites (tertiary alicyclic amines) is 1. The van der Waals surface area contributed by atoms with Crippen LogP contribution in [-0.4, -0.2) is 38.3 Å². The van der Waals surface area contributed by atoms with Crippen LogP contribution in [0.15, 0.2) is 151 Å². The van der Waals surface area contributed by atoms with Crippen molar-refractivity contribution in [2.45, 2.75) is 30.5 Å². The van der Waals surface area contributed by atoms with Crippen LogP contribution in [0.1, 0.15) is 18.4 Å². The highest BCUT2D eigenvalue weighted by Crippen LogP contribution is 2.49. The molecule has 0 bridgehead atoms. The maximum atomic E-state index is 14.7. The van der Waals surface area contributed by atoms with Gasteiger partial charge in [0, 0.05) is 25.9 Å². The Morgan fingerprint density at radius 1 is 0.733 bits per heavy atom. The third-order valence-corrected chi connectivity index (χ3v) is 12.8. The van der Waals surface area contributed by atoms with E-state index in [-0.39, 0.29) is 35.9 Å². The quantitative estimate of drug-likeness (QED) is 0.0871. The first kappa shape index (κ1) is 30.3. The number of hydrogen-bond acceptors (Lipinski definition) is 6. The van der Waals surface area contributed by atoms with E-state index < -0.39 is 18.9 Å². The fourth-order valence-electron chi connectivity index (χ4n) is 5.65. The molecule has 0 radical (unpaired) electrons. The summed E-state index contributed by atoms with van der Waals surface area (Å²) in [5, 5.41) is 3.17. The first-order chi connectivity index (χ1) is 22.1. The molecule has 1 unspecified atom stereocenters. The zero-order valence-corrected chi connectivity index (χ0v) is 26.1. The largest absolute Gasteiger partial charge is 0.456 e. The molecule has 1 fully saturated rings. The van der Waals surface area contributed by atoms with E-state index in [4.69, 9.17) is 4.74 Å². The maximum Gasteiger partial charge on any atom is 0.356 e. The Kier molecular flexibility index (Phi) is 9.39. The van der Waals surface area contributed by atoms with Crippen LogP contribution in [0.25, 0.3) is 0 Å². The SMILES string of the molecule is O=C(CC1CC(=O)N1C(C(=O)OCc1ccccc1)=P(c1ccccc1)(c1ccccc1)c1ccccc1)Sc1ccccn1. The number of nitrogens with zero attached hydrogens (tertiary/aromatic N) is 2. The van der Waals surface area contributed by atoms with E-state index in [0.29, 0.717) is 5.03 Å². The predicted octanol–water partition coefficient (Wildman–Crippen LogP) is 5.56. The van der Waals surface area contributed by atoms with Crippen molar-refractivity contribution < 1.29 is 19.1 Å². The molecule has 0 saturated carbocycles. The number of amides is 1. The van der Waals surface area contributed by atoms with Crippen LogP contribution in [0.3, 0.4) is 0 Å². The smallest absolute Gasteiger partial charge is 0.356 e. The van der Waals surface area contributed by atoms with Crippen LogP contribution in [0, 0.1) is 0 Å². The number of carbonyl (C=O) groups is 3. The van der Waals surface area contributed by atoms with Crippen molar-refractivity contribution in [2.24, 2.45) is 0 Å². The second kappa shape index (κ2) is 13.9. The van der Waals surface area contributed by atoms with Crippen LogP contribution in [0.5, 0.6) is 0 Å². The lowest BCUT2D eigenvalue weighted by Crippen LogP contribution is -2.60. The Morgan fingerprint density at radius 2 is 1.24 bits per heavy atom. The molecule has 1 aromatic heterocycles. The van der Waals surface area contributed by atoms with E-state index in [0.717, 1.165) is 33.2 Å². The molecule has 1 aliphatic rings. The minimum absolute atomic E-state index is 0.0443. The van der Waals surface area contributed by atoms with Gasteiger partial charge in [0.15, 0.2) is 5.12 Å². The maximum absolute atomic E-state index is 14.7. The van der Waals surface area contributed by atoms with Crippen LogP contribution in [0.2, 0.25) is 0 Å². The van der Waals surface area contributed by atoms with E-state index in [1.165, 1.54) is 0 Å². The molecular weight excluding hydrogens is 599 g/mol. The highest BCUT2D eigenvalue weighted by molar-refractivity contribution is 8.13. The van der Waals surface area contributed by atoms with Gasteiger partial charge < -0.3 is 9.64 Å². The predicted molar refractivity (Wildman–Crippen MR) is 181 cm³/mol. The van der Waals surface area contributed by atoms with Crippen molar-refractivity contribution in [2.75, 3.05) is 0 Å². The average molecular weight is 631 g/mol. The molecule has 6 rings (SSSR count). The molecule has 2 heterocycles. The van der Waals surface area contributed by atoms with Gasteiger partial charge in [0.25, 0.3) is 0 Å². The topological polar surface area (TPSA) is 76.6 Å². The lowest BCUT2D eigenvalue weighted by molar-refractivity contribution is -0.145. The molecule has 0 aliphatic carbocycles. The number of thioether (sulfide) groups is 1. The molecule has 0 N–H and O–H groups in total. The highest BCUT2D eigenvalue weighted by atomic mass is 32.2. The molecule has 1 amide bonds.